The Morgan fingerprint density at radius 3 is 2.50 bits per heavy atom. The van der Waals surface area contributed by atoms with E-state index in [9.17, 15) is 0 Å². The maximum Gasteiger partial charge on any atom is 0.221 e. The van der Waals surface area contributed by atoms with E-state index in [-0.39, 0.29) is 0 Å². The summed E-state index contributed by atoms with van der Waals surface area (Å²) in [6.45, 7) is 4.13. The lowest BCUT2D eigenvalue weighted by molar-refractivity contribution is 0.427. The first-order valence-electron chi connectivity index (χ1n) is 6.01. The number of aromatic nitrogens is 2. The minimum atomic E-state index is 0.745. The van der Waals surface area contributed by atoms with E-state index >= 15 is 0 Å². The summed E-state index contributed by atoms with van der Waals surface area (Å²) in [6, 6.07) is 8.18. The number of nitrogens with zero attached hydrogens (tertiary/aromatic N) is 2. The molecule has 0 atom stereocenters. The van der Waals surface area contributed by atoms with E-state index < -0.39 is 0 Å². The number of ether oxygens (including phenoxy) is 1. The second-order valence-electron chi connectivity index (χ2n) is 4.23. The van der Waals surface area contributed by atoms with E-state index in [0.717, 1.165) is 34.6 Å². The van der Waals surface area contributed by atoms with Crippen LogP contribution in [-0.2, 0) is 18.8 Å². The zero-order valence-corrected chi connectivity index (χ0v) is 12.5. The van der Waals surface area contributed by atoms with Crippen LogP contribution in [0.2, 0.25) is 0 Å². The third-order valence-corrected chi connectivity index (χ3v) is 3.53. The number of halogens is 1. The fraction of sp³-hybridized carbons (Fsp3) is 0.357. The predicted molar refractivity (Wildman–Crippen MR) is 76.5 cm³/mol. The van der Waals surface area contributed by atoms with Gasteiger partial charge >= 0.3 is 0 Å². The molecule has 1 aromatic carbocycles. The quantitative estimate of drug-likeness (QED) is 0.799. The number of rotatable bonds is 4. The maximum absolute atomic E-state index is 5.92. The average Bonchev–Trinajstić information content (AvgIpc) is 2.64. The van der Waals surface area contributed by atoms with Gasteiger partial charge in [-0.05, 0) is 31.0 Å². The second kappa shape index (κ2) is 5.57. The Labute approximate surface area is 116 Å². The molecule has 0 radical (unpaired) electrons. The first-order valence-corrected chi connectivity index (χ1v) is 7.13. The van der Waals surface area contributed by atoms with E-state index in [1.165, 1.54) is 5.56 Å². The van der Waals surface area contributed by atoms with Gasteiger partial charge in [0.25, 0.3) is 0 Å². The van der Waals surface area contributed by atoms with Gasteiger partial charge < -0.3 is 4.74 Å². The Morgan fingerprint density at radius 2 is 1.94 bits per heavy atom. The number of aryl methyl sites for hydroxylation is 3. The Balaban J connectivity index is 2.27. The lowest BCUT2D eigenvalue weighted by Gasteiger charge is -2.08. The van der Waals surface area contributed by atoms with E-state index in [1.54, 1.807) is 4.68 Å². The molecule has 0 unspecified atom stereocenters. The van der Waals surface area contributed by atoms with Gasteiger partial charge in [-0.3, -0.25) is 0 Å². The topological polar surface area (TPSA) is 27.1 Å². The second-order valence-corrected chi connectivity index (χ2v) is 4.79. The van der Waals surface area contributed by atoms with Crippen molar-refractivity contribution < 1.29 is 4.74 Å². The van der Waals surface area contributed by atoms with Gasteiger partial charge in [-0.2, -0.15) is 5.10 Å². The van der Waals surface area contributed by atoms with Crippen LogP contribution in [0.5, 0.6) is 11.6 Å². The van der Waals surface area contributed by atoms with Gasteiger partial charge in [-0.25, -0.2) is 4.68 Å². The van der Waals surface area contributed by atoms with Crippen molar-refractivity contribution in [3.05, 3.63) is 41.1 Å². The van der Waals surface area contributed by atoms with Gasteiger partial charge in [-0.1, -0.05) is 35.0 Å². The zero-order chi connectivity index (χ0) is 13.1. The van der Waals surface area contributed by atoms with Gasteiger partial charge in [0.2, 0.25) is 5.88 Å². The number of benzene rings is 1. The van der Waals surface area contributed by atoms with Crippen LogP contribution < -0.4 is 4.74 Å². The van der Waals surface area contributed by atoms with Crippen LogP contribution in [0.3, 0.4) is 0 Å². The van der Waals surface area contributed by atoms with Crippen molar-refractivity contribution in [3.63, 3.8) is 0 Å². The molecule has 0 aliphatic rings. The lowest BCUT2D eigenvalue weighted by atomic mass is 10.2. The Kier molecular flexibility index (Phi) is 4.07. The highest BCUT2D eigenvalue weighted by Crippen LogP contribution is 2.28. The molecule has 96 valence electrons. The summed E-state index contributed by atoms with van der Waals surface area (Å²) < 4.78 is 7.70. The van der Waals surface area contributed by atoms with E-state index in [1.807, 2.05) is 26.1 Å². The molecule has 3 nitrogen and oxygen atoms in total. The van der Waals surface area contributed by atoms with Crippen LogP contribution in [0.15, 0.2) is 24.3 Å². The highest BCUT2D eigenvalue weighted by molar-refractivity contribution is 9.08. The number of hydrogen-bond donors (Lipinski definition) is 0. The molecule has 0 aliphatic carbocycles. The van der Waals surface area contributed by atoms with Gasteiger partial charge in [-0.15, -0.1) is 0 Å². The normalized spacial score (nSPS) is 10.7. The first-order chi connectivity index (χ1) is 8.65. The molecule has 0 amide bonds. The van der Waals surface area contributed by atoms with E-state index in [0.29, 0.717) is 0 Å². The minimum Gasteiger partial charge on any atom is -0.439 e. The molecule has 0 saturated carbocycles. The molecule has 1 aromatic heterocycles. The van der Waals surface area contributed by atoms with Crippen molar-refractivity contribution in [1.29, 1.82) is 0 Å². The summed E-state index contributed by atoms with van der Waals surface area (Å²) in [4.78, 5) is 0. The van der Waals surface area contributed by atoms with E-state index in [2.05, 4.69) is 40.1 Å². The van der Waals surface area contributed by atoms with Crippen molar-refractivity contribution >= 4 is 15.9 Å². The molecule has 4 heteroatoms. The van der Waals surface area contributed by atoms with Crippen molar-refractivity contribution in [1.82, 2.24) is 9.78 Å². The summed E-state index contributed by atoms with van der Waals surface area (Å²) >= 11 is 3.48. The van der Waals surface area contributed by atoms with Gasteiger partial charge in [0.1, 0.15) is 5.75 Å². The summed E-state index contributed by atoms with van der Waals surface area (Å²) in [5, 5.41) is 5.12. The lowest BCUT2D eigenvalue weighted by Crippen LogP contribution is -1.96. The SMILES string of the molecule is CCc1ccc(Oc2c(CBr)c(C)nn2C)cc1. The smallest absolute Gasteiger partial charge is 0.221 e. The molecular weight excluding hydrogens is 292 g/mol. The van der Waals surface area contributed by atoms with Crippen LogP contribution >= 0.6 is 15.9 Å². The molecule has 18 heavy (non-hydrogen) atoms. The number of alkyl halides is 1. The molecule has 0 fully saturated rings. The Morgan fingerprint density at radius 1 is 1.28 bits per heavy atom. The van der Waals surface area contributed by atoms with Crippen molar-refractivity contribution in [2.24, 2.45) is 7.05 Å². The van der Waals surface area contributed by atoms with Crippen LogP contribution in [0, 0.1) is 6.92 Å². The van der Waals surface area contributed by atoms with Gasteiger partial charge in [0.05, 0.1) is 5.69 Å². The molecule has 2 aromatic rings. The fourth-order valence-corrected chi connectivity index (χ4v) is 2.51. The van der Waals surface area contributed by atoms with Gasteiger partial charge in [0, 0.05) is 17.9 Å². The Hall–Kier alpha value is -1.29. The van der Waals surface area contributed by atoms with Gasteiger partial charge in [0.15, 0.2) is 0 Å². The van der Waals surface area contributed by atoms with Crippen LogP contribution in [0.25, 0.3) is 0 Å². The zero-order valence-electron chi connectivity index (χ0n) is 10.9. The minimum absolute atomic E-state index is 0.745. The predicted octanol–water partition coefficient (Wildman–Crippen LogP) is 3.98. The summed E-state index contributed by atoms with van der Waals surface area (Å²) in [5.41, 5.74) is 3.40. The molecule has 0 saturated heterocycles. The first kappa shape index (κ1) is 13.1. The highest BCUT2D eigenvalue weighted by atomic mass is 79.9. The molecule has 0 spiro atoms. The molecule has 1 heterocycles. The highest BCUT2D eigenvalue weighted by Gasteiger charge is 2.14. The fourth-order valence-electron chi connectivity index (χ4n) is 1.87. The van der Waals surface area contributed by atoms with Crippen LogP contribution in [0.1, 0.15) is 23.7 Å². The maximum atomic E-state index is 5.92. The van der Waals surface area contributed by atoms with Crippen molar-refractivity contribution in [3.8, 4) is 11.6 Å². The number of hydrogen-bond acceptors (Lipinski definition) is 2. The van der Waals surface area contributed by atoms with Crippen LogP contribution in [-0.4, -0.2) is 9.78 Å². The molecule has 0 aliphatic heterocycles. The van der Waals surface area contributed by atoms with E-state index in [4.69, 9.17) is 4.74 Å². The Bertz CT molecular complexity index is 531. The largest absolute Gasteiger partial charge is 0.439 e. The monoisotopic (exact) mass is 308 g/mol. The van der Waals surface area contributed by atoms with Crippen molar-refractivity contribution in [2.75, 3.05) is 0 Å². The summed E-state index contributed by atoms with van der Waals surface area (Å²) in [5.74, 6) is 1.64. The molecule has 2 rings (SSSR count). The third-order valence-electron chi connectivity index (χ3n) is 2.97. The van der Waals surface area contributed by atoms with Crippen LogP contribution in [0.4, 0.5) is 0 Å². The molecule has 0 bridgehead atoms. The molecule has 0 N–H and O–H groups in total. The van der Waals surface area contributed by atoms with Crippen molar-refractivity contribution in [2.45, 2.75) is 25.6 Å². The molecular formula is C14H17BrN2O. The third kappa shape index (κ3) is 2.58. The average molecular weight is 309 g/mol. The standard InChI is InChI=1S/C14H17BrN2O/c1-4-11-5-7-12(8-6-11)18-14-13(9-15)10(2)16-17(14)3/h5-8H,4,9H2,1-3H3. The summed E-state index contributed by atoms with van der Waals surface area (Å²) in [6.07, 6.45) is 1.04. The summed E-state index contributed by atoms with van der Waals surface area (Å²) in [7, 11) is 1.90.